The zero-order chi connectivity index (χ0) is 17.8. The molecule has 2 aromatic rings. The van der Waals surface area contributed by atoms with Crippen molar-refractivity contribution < 1.29 is 13.7 Å². The number of benzene rings is 1. The van der Waals surface area contributed by atoms with Crippen LogP contribution in [0.3, 0.4) is 0 Å². The molecule has 1 aliphatic heterocycles. The number of hydrogen-bond acceptors (Lipinski definition) is 5. The Morgan fingerprint density at radius 2 is 2.27 bits per heavy atom. The van der Waals surface area contributed by atoms with Gasteiger partial charge < -0.3 is 15.2 Å². The molecule has 1 saturated heterocycles. The van der Waals surface area contributed by atoms with Crippen molar-refractivity contribution in [2.75, 3.05) is 13.1 Å². The Hall–Kier alpha value is -1.99. The smallest absolute Gasteiger partial charge is 0.227 e. The first kappa shape index (κ1) is 20.3. The summed E-state index contributed by atoms with van der Waals surface area (Å²) < 4.78 is 18.5. The van der Waals surface area contributed by atoms with Crippen molar-refractivity contribution in [3.8, 4) is 11.4 Å². The monoisotopic (exact) mass is 382 g/mol. The summed E-state index contributed by atoms with van der Waals surface area (Å²) in [6, 6.07) is 4.89. The summed E-state index contributed by atoms with van der Waals surface area (Å²) in [5, 5.41) is 10.3. The van der Waals surface area contributed by atoms with Crippen LogP contribution < -0.4 is 10.6 Å². The quantitative estimate of drug-likeness (QED) is 0.831. The van der Waals surface area contributed by atoms with Gasteiger partial charge in [0.15, 0.2) is 0 Å². The van der Waals surface area contributed by atoms with Crippen LogP contribution in [0.2, 0.25) is 0 Å². The lowest BCUT2D eigenvalue weighted by molar-refractivity contribution is -0.122. The third-order valence-corrected chi connectivity index (χ3v) is 4.58. The Bertz CT molecular complexity index is 753. The molecule has 1 fully saturated rings. The first-order valence-electron chi connectivity index (χ1n) is 8.62. The van der Waals surface area contributed by atoms with Crippen molar-refractivity contribution in [1.82, 2.24) is 20.8 Å². The Morgan fingerprint density at radius 3 is 3.00 bits per heavy atom. The molecule has 3 rings (SSSR count). The number of aromatic nitrogens is 2. The van der Waals surface area contributed by atoms with Crippen LogP contribution in [0.25, 0.3) is 11.4 Å². The number of hydrogen-bond donors (Lipinski definition) is 2. The van der Waals surface area contributed by atoms with E-state index in [1.165, 1.54) is 6.07 Å². The summed E-state index contributed by atoms with van der Waals surface area (Å²) >= 11 is 0. The van der Waals surface area contributed by atoms with Gasteiger partial charge in [-0.2, -0.15) is 4.98 Å². The second-order valence-corrected chi connectivity index (χ2v) is 6.62. The van der Waals surface area contributed by atoms with E-state index >= 15 is 0 Å². The second-order valence-electron chi connectivity index (χ2n) is 6.62. The van der Waals surface area contributed by atoms with Gasteiger partial charge in [0.2, 0.25) is 17.6 Å². The molecule has 2 atom stereocenters. The van der Waals surface area contributed by atoms with Crippen LogP contribution in [-0.2, 0) is 11.2 Å². The van der Waals surface area contributed by atoms with E-state index in [4.69, 9.17) is 4.52 Å². The minimum absolute atomic E-state index is 0. The van der Waals surface area contributed by atoms with Gasteiger partial charge in [-0.25, -0.2) is 4.39 Å². The average molecular weight is 383 g/mol. The molecule has 2 heterocycles. The molecule has 0 spiro atoms. The lowest BCUT2D eigenvalue weighted by Gasteiger charge is -2.30. The summed E-state index contributed by atoms with van der Waals surface area (Å²) in [4.78, 5) is 16.4. The number of carbonyl (C=O) groups excluding carboxylic acids is 1. The second kappa shape index (κ2) is 9.09. The Kier molecular flexibility index (Phi) is 7.11. The van der Waals surface area contributed by atoms with Crippen molar-refractivity contribution in [3.63, 3.8) is 0 Å². The molecule has 0 radical (unpaired) electrons. The first-order chi connectivity index (χ1) is 12.0. The molecular formula is C18H24ClFN4O2. The van der Waals surface area contributed by atoms with Gasteiger partial charge in [0, 0.05) is 24.4 Å². The zero-order valence-corrected chi connectivity index (χ0v) is 15.7. The van der Waals surface area contributed by atoms with E-state index in [1.54, 1.807) is 19.1 Å². The summed E-state index contributed by atoms with van der Waals surface area (Å²) in [5.41, 5.74) is 1.22. The molecule has 0 aliphatic carbocycles. The summed E-state index contributed by atoms with van der Waals surface area (Å²) in [6.07, 6.45) is 1.64. The molecule has 0 saturated carbocycles. The van der Waals surface area contributed by atoms with Crippen molar-refractivity contribution in [1.29, 1.82) is 0 Å². The molecule has 142 valence electrons. The third-order valence-electron chi connectivity index (χ3n) is 4.58. The van der Waals surface area contributed by atoms with E-state index in [1.807, 2.05) is 0 Å². The maximum absolute atomic E-state index is 13.3. The standard InChI is InChI=1S/C18H23FN4O2.ClH/c1-11-9-13(3-4-14(11)19)18-22-17(25-23-18)6-5-16(24)21-15-7-8-20-10-12(15)2;/h3-4,9,12,15,20H,5-8,10H2,1-2H3,(H,21,24);1H. The van der Waals surface area contributed by atoms with E-state index in [2.05, 4.69) is 27.7 Å². The van der Waals surface area contributed by atoms with Crippen LogP contribution >= 0.6 is 12.4 Å². The molecule has 2 unspecified atom stereocenters. The zero-order valence-electron chi connectivity index (χ0n) is 14.9. The number of halogens is 2. The minimum Gasteiger partial charge on any atom is -0.353 e. The highest BCUT2D eigenvalue weighted by Gasteiger charge is 2.22. The van der Waals surface area contributed by atoms with Crippen LogP contribution in [0, 0.1) is 18.7 Å². The summed E-state index contributed by atoms with van der Waals surface area (Å²) in [5.74, 6) is 0.970. The minimum atomic E-state index is -0.267. The van der Waals surface area contributed by atoms with Gasteiger partial charge in [-0.05, 0) is 56.1 Å². The predicted molar refractivity (Wildman–Crippen MR) is 98.6 cm³/mol. The van der Waals surface area contributed by atoms with Gasteiger partial charge in [0.05, 0.1) is 0 Å². The van der Waals surface area contributed by atoms with Crippen LogP contribution in [0.4, 0.5) is 4.39 Å². The maximum atomic E-state index is 13.3. The predicted octanol–water partition coefficient (Wildman–Crippen LogP) is 2.65. The van der Waals surface area contributed by atoms with E-state index < -0.39 is 0 Å². The number of aryl methyl sites for hydroxylation is 2. The number of nitrogens with zero attached hydrogens (tertiary/aromatic N) is 2. The molecule has 1 aromatic heterocycles. The average Bonchev–Trinajstić information content (AvgIpc) is 3.07. The Morgan fingerprint density at radius 1 is 1.46 bits per heavy atom. The Labute approximate surface area is 158 Å². The third kappa shape index (κ3) is 5.02. The highest BCUT2D eigenvalue weighted by molar-refractivity contribution is 5.85. The fourth-order valence-electron chi connectivity index (χ4n) is 2.99. The first-order valence-corrected chi connectivity index (χ1v) is 8.62. The van der Waals surface area contributed by atoms with E-state index in [0.717, 1.165) is 19.5 Å². The van der Waals surface area contributed by atoms with E-state index in [9.17, 15) is 9.18 Å². The SMILES string of the molecule is Cc1cc(-c2noc(CCC(=O)NC3CCNCC3C)n2)ccc1F.Cl. The molecule has 1 amide bonds. The van der Waals surface area contributed by atoms with Gasteiger partial charge in [-0.15, -0.1) is 12.4 Å². The lowest BCUT2D eigenvalue weighted by atomic mass is 9.95. The van der Waals surface area contributed by atoms with Gasteiger partial charge in [-0.1, -0.05) is 12.1 Å². The number of carbonyl (C=O) groups is 1. The highest BCUT2D eigenvalue weighted by atomic mass is 35.5. The van der Waals surface area contributed by atoms with Crippen LogP contribution in [-0.4, -0.2) is 35.2 Å². The van der Waals surface area contributed by atoms with Crippen LogP contribution in [0.15, 0.2) is 22.7 Å². The summed E-state index contributed by atoms with van der Waals surface area (Å²) in [6.45, 7) is 5.67. The molecule has 1 aromatic carbocycles. The van der Waals surface area contributed by atoms with E-state index in [0.29, 0.717) is 41.6 Å². The normalized spacial score (nSPS) is 19.7. The molecule has 0 bridgehead atoms. The van der Waals surface area contributed by atoms with Gasteiger partial charge in [-0.3, -0.25) is 4.79 Å². The number of amides is 1. The molecule has 26 heavy (non-hydrogen) atoms. The van der Waals surface area contributed by atoms with Crippen LogP contribution in [0.5, 0.6) is 0 Å². The number of nitrogens with one attached hydrogen (secondary N) is 2. The molecular weight excluding hydrogens is 359 g/mol. The van der Waals surface area contributed by atoms with Gasteiger partial charge in [0.25, 0.3) is 0 Å². The van der Waals surface area contributed by atoms with Crippen molar-refractivity contribution in [2.24, 2.45) is 5.92 Å². The molecule has 1 aliphatic rings. The van der Waals surface area contributed by atoms with Crippen molar-refractivity contribution >= 4 is 18.3 Å². The fourth-order valence-corrected chi connectivity index (χ4v) is 2.99. The van der Waals surface area contributed by atoms with Gasteiger partial charge >= 0.3 is 0 Å². The molecule has 2 N–H and O–H groups in total. The van der Waals surface area contributed by atoms with Gasteiger partial charge in [0.1, 0.15) is 5.82 Å². The van der Waals surface area contributed by atoms with Crippen molar-refractivity contribution in [2.45, 2.75) is 39.2 Å². The highest BCUT2D eigenvalue weighted by Crippen LogP contribution is 2.19. The fraction of sp³-hybridized carbons (Fsp3) is 0.500. The number of piperidine rings is 1. The lowest BCUT2D eigenvalue weighted by Crippen LogP contribution is -2.48. The molecule has 8 heteroatoms. The summed E-state index contributed by atoms with van der Waals surface area (Å²) in [7, 11) is 0. The maximum Gasteiger partial charge on any atom is 0.227 e. The number of rotatable bonds is 5. The van der Waals surface area contributed by atoms with Crippen molar-refractivity contribution in [3.05, 3.63) is 35.5 Å². The molecule has 6 nitrogen and oxygen atoms in total. The topological polar surface area (TPSA) is 80.0 Å². The Balaban J connectivity index is 0.00000243. The largest absolute Gasteiger partial charge is 0.353 e. The van der Waals surface area contributed by atoms with E-state index in [-0.39, 0.29) is 30.2 Å². The van der Waals surface area contributed by atoms with Crippen LogP contribution in [0.1, 0.15) is 31.2 Å².